The van der Waals surface area contributed by atoms with Crippen LogP contribution >= 0.6 is 11.3 Å². The van der Waals surface area contributed by atoms with Crippen LogP contribution in [0.3, 0.4) is 0 Å². The first-order valence-electron chi connectivity index (χ1n) is 10.9. The molecule has 0 spiro atoms. The summed E-state index contributed by atoms with van der Waals surface area (Å²) in [7, 11) is 3.03. The molecule has 1 saturated carbocycles. The van der Waals surface area contributed by atoms with Crippen LogP contribution in [0.25, 0.3) is 11.3 Å². The number of benzene rings is 2. The maximum Gasteiger partial charge on any atom is 0.206 e. The lowest BCUT2D eigenvalue weighted by molar-refractivity contribution is 0.340. The third kappa shape index (κ3) is 4.88. The Morgan fingerprint density at radius 3 is 2.31 bits per heavy atom. The number of aryl methyl sites for hydroxylation is 1. The first kappa shape index (κ1) is 22.1. The van der Waals surface area contributed by atoms with Gasteiger partial charge in [0.15, 0.2) is 11.5 Å². The third-order valence-corrected chi connectivity index (χ3v) is 6.56. The van der Waals surface area contributed by atoms with E-state index in [1.54, 1.807) is 29.7 Å². The van der Waals surface area contributed by atoms with Crippen molar-refractivity contribution in [3.05, 3.63) is 57.7 Å². The Bertz CT molecular complexity index is 1130. The van der Waals surface area contributed by atoms with E-state index in [-0.39, 0.29) is 5.75 Å². The highest BCUT2D eigenvalue weighted by molar-refractivity contribution is 7.07. The zero-order valence-electron chi connectivity index (χ0n) is 18.7. The topological polar surface area (TPSA) is 68.3 Å². The fraction of sp³-hybridized carbons (Fsp3) is 0.360. The minimum absolute atomic E-state index is 0.0244. The van der Waals surface area contributed by atoms with E-state index >= 15 is 0 Å². The summed E-state index contributed by atoms with van der Waals surface area (Å²) < 4.78 is 12.5. The van der Waals surface area contributed by atoms with E-state index in [0.717, 1.165) is 34.5 Å². The summed E-state index contributed by atoms with van der Waals surface area (Å²) in [5, 5.41) is 17.1. The molecule has 4 rings (SSSR count). The molecule has 1 N–H and O–H groups in total. The largest absolute Gasteiger partial charge is 0.502 e. The first-order chi connectivity index (χ1) is 15.6. The molecule has 0 amide bonds. The zero-order valence-corrected chi connectivity index (χ0v) is 19.6. The number of phenolic OH excluding ortho intramolecular Hbond substituents is 1. The maximum atomic E-state index is 10.2. The standard InChI is InChI=1S/C25H29N3O3S/c1-17-9-11-19(12-10-17)21-16-32-25(27-20-7-5-4-6-8-20)28(21)26-15-18-13-22(30-2)24(29)23(14-18)31-3/h9-16,20,29H,4-8H2,1-3H3. The number of aromatic hydroxyl groups is 1. The van der Waals surface area contributed by atoms with Gasteiger partial charge in [-0.2, -0.15) is 5.10 Å². The number of methoxy groups -OCH3 is 2. The average Bonchev–Trinajstić information content (AvgIpc) is 3.21. The summed E-state index contributed by atoms with van der Waals surface area (Å²) in [5.41, 5.74) is 4.07. The number of hydrogen-bond acceptors (Lipinski definition) is 6. The minimum Gasteiger partial charge on any atom is -0.502 e. The van der Waals surface area contributed by atoms with Gasteiger partial charge in [0.05, 0.1) is 32.2 Å². The van der Waals surface area contributed by atoms with Crippen molar-refractivity contribution in [2.45, 2.75) is 45.1 Å². The second-order valence-electron chi connectivity index (χ2n) is 8.02. The molecular formula is C25H29N3O3S. The Morgan fingerprint density at radius 2 is 1.69 bits per heavy atom. The van der Waals surface area contributed by atoms with Crippen molar-refractivity contribution < 1.29 is 14.6 Å². The van der Waals surface area contributed by atoms with Gasteiger partial charge in [0.2, 0.25) is 10.6 Å². The molecule has 0 atom stereocenters. The van der Waals surface area contributed by atoms with Gasteiger partial charge in [-0.25, -0.2) is 4.68 Å². The Hall–Kier alpha value is -3.06. The molecular weight excluding hydrogens is 422 g/mol. The van der Waals surface area contributed by atoms with Crippen LogP contribution in [0.15, 0.2) is 51.9 Å². The molecule has 32 heavy (non-hydrogen) atoms. The predicted octanol–water partition coefficient (Wildman–Crippen LogP) is 5.36. The van der Waals surface area contributed by atoms with E-state index in [0.29, 0.717) is 17.5 Å². The molecule has 1 heterocycles. The molecule has 3 aromatic rings. The second-order valence-corrected chi connectivity index (χ2v) is 8.86. The molecule has 1 aromatic heterocycles. The second kappa shape index (κ2) is 10.0. The van der Waals surface area contributed by atoms with E-state index in [1.165, 1.54) is 39.0 Å². The summed E-state index contributed by atoms with van der Waals surface area (Å²) in [6.07, 6.45) is 7.78. The normalized spacial score (nSPS) is 15.4. The molecule has 1 fully saturated rings. The number of rotatable bonds is 6. The maximum absolute atomic E-state index is 10.2. The number of aromatic nitrogens is 1. The van der Waals surface area contributed by atoms with E-state index in [2.05, 4.69) is 36.6 Å². The summed E-state index contributed by atoms with van der Waals surface area (Å²) in [6, 6.07) is 12.3. The fourth-order valence-electron chi connectivity index (χ4n) is 3.90. The van der Waals surface area contributed by atoms with Crippen molar-refractivity contribution in [2.24, 2.45) is 10.1 Å². The predicted molar refractivity (Wildman–Crippen MR) is 129 cm³/mol. The lowest BCUT2D eigenvalue weighted by Gasteiger charge is -2.16. The number of ether oxygens (including phenoxy) is 2. The summed E-state index contributed by atoms with van der Waals surface area (Å²) in [5.74, 6) is 0.655. The van der Waals surface area contributed by atoms with Crippen LogP contribution in [0.1, 0.15) is 43.2 Å². The minimum atomic E-state index is -0.0244. The number of phenols is 1. The molecule has 1 aliphatic carbocycles. The molecule has 2 aromatic carbocycles. The number of thiazole rings is 1. The number of hydrogen-bond donors (Lipinski definition) is 1. The van der Waals surface area contributed by atoms with Crippen LogP contribution in [0.4, 0.5) is 0 Å². The number of nitrogens with zero attached hydrogens (tertiary/aromatic N) is 3. The van der Waals surface area contributed by atoms with Crippen LogP contribution in [0, 0.1) is 6.92 Å². The highest BCUT2D eigenvalue weighted by Crippen LogP contribution is 2.36. The van der Waals surface area contributed by atoms with Crippen LogP contribution in [-0.4, -0.2) is 36.3 Å². The molecule has 7 heteroatoms. The smallest absolute Gasteiger partial charge is 0.206 e. The van der Waals surface area contributed by atoms with Gasteiger partial charge in [0.1, 0.15) is 0 Å². The molecule has 0 radical (unpaired) electrons. The molecule has 168 valence electrons. The van der Waals surface area contributed by atoms with Gasteiger partial charge in [0.25, 0.3) is 0 Å². The van der Waals surface area contributed by atoms with E-state index < -0.39 is 0 Å². The van der Waals surface area contributed by atoms with Gasteiger partial charge < -0.3 is 14.6 Å². The highest BCUT2D eigenvalue weighted by atomic mass is 32.1. The third-order valence-electron chi connectivity index (χ3n) is 5.72. The first-order valence-corrected chi connectivity index (χ1v) is 11.8. The molecule has 0 saturated heterocycles. The summed E-state index contributed by atoms with van der Waals surface area (Å²) in [6.45, 7) is 2.08. The molecule has 6 nitrogen and oxygen atoms in total. The molecule has 0 unspecified atom stereocenters. The van der Waals surface area contributed by atoms with Crippen molar-refractivity contribution in [2.75, 3.05) is 14.2 Å². The van der Waals surface area contributed by atoms with E-state index in [9.17, 15) is 5.11 Å². The van der Waals surface area contributed by atoms with Crippen molar-refractivity contribution in [1.29, 1.82) is 0 Å². The van der Waals surface area contributed by atoms with E-state index in [4.69, 9.17) is 19.6 Å². The Balaban J connectivity index is 1.78. The van der Waals surface area contributed by atoms with Crippen LogP contribution < -0.4 is 14.3 Å². The van der Waals surface area contributed by atoms with Gasteiger partial charge in [-0.3, -0.25) is 4.99 Å². The highest BCUT2D eigenvalue weighted by Gasteiger charge is 2.14. The van der Waals surface area contributed by atoms with Gasteiger partial charge in [-0.05, 0) is 31.9 Å². The van der Waals surface area contributed by atoms with Crippen molar-refractivity contribution >= 4 is 17.6 Å². The van der Waals surface area contributed by atoms with Gasteiger partial charge >= 0.3 is 0 Å². The van der Waals surface area contributed by atoms with Crippen LogP contribution in [-0.2, 0) is 0 Å². The van der Waals surface area contributed by atoms with Crippen molar-refractivity contribution in [3.8, 4) is 28.5 Å². The lowest BCUT2D eigenvalue weighted by atomic mass is 9.96. The summed E-state index contributed by atoms with van der Waals surface area (Å²) in [4.78, 5) is 5.94. The monoisotopic (exact) mass is 451 g/mol. The van der Waals surface area contributed by atoms with Crippen LogP contribution in [0.2, 0.25) is 0 Å². The van der Waals surface area contributed by atoms with Crippen LogP contribution in [0.5, 0.6) is 17.2 Å². The Kier molecular flexibility index (Phi) is 6.95. The van der Waals surface area contributed by atoms with Gasteiger partial charge in [-0.1, -0.05) is 49.1 Å². The Morgan fingerprint density at radius 1 is 1.03 bits per heavy atom. The fourth-order valence-corrected chi connectivity index (χ4v) is 4.81. The van der Waals surface area contributed by atoms with E-state index in [1.807, 2.05) is 4.68 Å². The SMILES string of the molecule is COc1cc(C=Nn2c(-c3ccc(C)cc3)csc2=NC2CCCCC2)cc(OC)c1O. The van der Waals surface area contributed by atoms with Gasteiger partial charge in [0, 0.05) is 16.5 Å². The quantitative estimate of drug-likeness (QED) is 0.513. The zero-order chi connectivity index (χ0) is 22.5. The summed E-state index contributed by atoms with van der Waals surface area (Å²) >= 11 is 1.61. The average molecular weight is 452 g/mol. The Labute approximate surface area is 192 Å². The van der Waals surface area contributed by atoms with Crippen molar-refractivity contribution in [3.63, 3.8) is 0 Å². The molecule has 1 aliphatic rings. The molecule has 0 aliphatic heterocycles. The molecule has 0 bridgehead atoms. The van der Waals surface area contributed by atoms with Gasteiger partial charge in [-0.15, -0.1) is 11.3 Å². The lowest BCUT2D eigenvalue weighted by Crippen LogP contribution is -2.19. The van der Waals surface area contributed by atoms with Crippen molar-refractivity contribution in [1.82, 2.24) is 4.68 Å².